The Balaban J connectivity index is 1.94. The second kappa shape index (κ2) is 9.99. The molecule has 0 spiro atoms. The number of fused-ring (bicyclic) bond motifs is 1. The van der Waals surface area contributed by atoms with E-state index < -0.39 is 24.2 Å². The smallest absolute Gasteiger partial charge is 0.479 e. The molecule has 4 rings (SSSR count). The first-order valence-corrected chi connectivity index (χ1v) is 11.5. The molecule has 4 aromatic rings. The van der Waals surface area contributed by atoms with Gasteiger partial charge in [0.15, 0.2) is 11.9 Å². The number of rotatable bonds is 7. The number of ketones is 1. The lowest BCUT2D eigenvalue weighted by Crippen LogP contribution is -2.23. The zero-order chi connectivity index (χ0) is 27.1. The van der Waals surface area contributed by atoms with Crippen molar-refractivity contribution >= 4 is 45.9 Å². The van der Waals surface area contributed by atoms with Crippen molar-refractivity contribution < 1.29 is 37.3 Å². The summed E-state index contributed by atoms with van der Waals surface area (Å²) in [5, 5.41) is 10.1. The lowest BCUT2D eigenvalue weighted by atomic mass is 10.0. The number of hydrogen-bond donors (Lipinski definition) is 1. The van der Waals surface area contributed by atoms with Gasteiger partial charge in [-0.3, -0.25) is 4.79 Å². The topological polar surface area (TPSA) is 77.8 Å². The van der Waals surface area contributed by atoms with Gasteiger partial charge >= 0.3 is 12.3 Å². The maximum Gasteiger partial charge on any atom is 0.573 e. The fourth-order valence-electron chi connectivity index (χ4n) is 3.92. The number of aliphatic carboxylic acids is 1. The van der Waals surface area contributed by atoms with E-state index in [1.165, 1.54) is 31.2 Å². The van der Waals surface area contributed by atoms with Gasteiger partial charge in [0.2, 0.25) is 0 Å². The molecule has 0 saturated carbocycles. The molecule has 1 heterocycles. The molecule has 37 heavy (non-hydrogen) atoms. The van der Waals surface area contributed by atoms with Gasteiger partial charge in [0, 0.05) is 39.5 Å². The monoisotopic (exact) mass is 551 g/mol. The maximum absolute atomic E-state index is 13.5. The number of alkyl halides is 3. The SMILES string of the molecule is Cc1c(C(=O)c2ccc(Cl)cc2)c2ccc(OC(F)(F)F)cc2n1-c1ccc(Cl)c(O[C@H](C)C(=O)O)c1. The molecule has 0 radical (unpaired) electrons. The van der Waals surface area contributed by atoms with E-state index in [9.17, 15) is 27.9 Å². The van der Waals surface area contributed by atoms with Gasteiger partial charge in [0.05, 0.1) is 16.1 Å². The highest BCUT2D eigenvalue weighted by atomic mass is 35.5. The van der Waals surface area contributed by atoms with Crippen molar-refractivity contribution in [3.8, 4) is 17.2 Å². The molecule has 3 aromatic carbocycles. The Labute approximate surface area is 218 Å². The minimum atomic E-state index is -4.92. The number of carbonyl (C=O) groups excluding carboxylic acids is 1. The predicted molar refractivity (Wildman–Crippen MR) is 132 cm³/mol. The molecule has 0 fully saturated rings. The van der Waals surface area contributed by atoms with E-state index in [4.69, 9.17) is 27.9 Å². The summed E-state index contributed by atoms with van der Waals surface area (Å²) < 4.78 is 49.9. The van der Waals surface area contributed by atoms with Gasteiger partial charge in [-0.25, -0.2) is 4.79 Å². The van der Waals surface area contributed by atoms with Crippen molar-refractivity contribution in [3.63, 3.8) is 0 Å². The quantitative estimate of drug-likeness (QED) is 0.245. The number of carbonyl (C=O) groups is 2. The number of nitrogens with zero attached hydrogens (tertiary/aromatic N) is 1. The number of ether oxygens (including phenoxy) is 2. The summed E-state index contributed by atoms with van der Waals surface area (Å²) in [6, 6.07) is 14.4. The molecule has 0 bridgehead atoms. The molecule has 0 amide bonds. The second-order valence-corrected chi connectivity index (χ2v) is 8.92. The van der Waals surface area contributed by atoms with Gasteiger partial charge in [0.1, 0.15) is 11.5 Å². The summed E-state index contributed by atoms with van der Waals surface area (Å²) >= 11 is 12.1. The van der Waals surface area contributed by atoms with Crippen molar-refractivity contribution in [3.05, 3.63) is 87.5 Å². The Kier molecular flexibility index (Phi) is 7.12. The van der Waals surface area contributed by atoms with E-state index in [-0.39, 0.29) is 27.6 Å². The minimum Gasteiger partial charge on any atom is -0.479 e. The number of carboxylic acids is 1. The van der Waals surface area contributed by atoms with Crippen LogP contribution in [0.1, 0.15) is 28.5 Å². The summed E-state index contributed by atoms with van der Waals surface area (Å²) in [4.78, 5) is 24.8. The molecule has 0 aliphatic rings. The Morgan fingerprint density at radius 1 is 1.00 bits per heavy atom. The van der Waals surface area contributed by atoms with Crippen LogP contribution in [0.15, 0.2) is 60.7 Å². The molecule has 0 unspecified atom stereocenters. The molecule has 1 atom stereocenters. The third-order valence-electron chi connectivity index (χ3n) is 5.57. The number of benzene rings is 3. The van der Waals surface area contributed by atoms with Crippen LogP contribution in [0, 0.1) is 6.92 Å². The molecule has 1 N–H and O–H groups in total. The first-order chi connectivity index (χ1) is 17.4. The van der Waals surface area contributed by atoms with Gasteiger partial charge in [0.25, 0.3) is 0 Å². The largest absolute Gasteiger partial charge is 0.573 e. The standard InChI is InChI=1S/C26H18Cl2F3NO5/c1-13-23(24(33)15-3-5-16(27)6-4-15)19-9-8-18(37-26(29,30)31)12-21(19)32(13)17-7-10-20(28)22(11-17)36-14(2)25(34)35/h3-12,14H,1-2H3,(H,34,35)/t14-/m1/s1. The van der Waals surface area contributed by atoms with Crippen LogP contribution in [-0.2, 0) is 4.79 Å². The Hall–Kier alpha value is -3.69. The summed E-state index contributed by atoms with van der Waals surface area (Å²) in [5.41, 5.74) is 1.62. The van der Waals surface area contributed by atoms with Gasteiger partial charge in [-0.05, 0) is 62.4 Å². The van der Waals surface area contributed by atoms with Crippen LogP contribution in [0.25, 0.3) is 16.6 Å². The molecule has 11 heteroatoms. The summed E-state index contributed by atoms with van der Waals surface area (Å²) in [5.74, 6) is -2.01. The second-order valence-electron chi connectivity index (χ2n) is 8.07. The van der Waals surface area contributed by atoms with Crippen molar-refractivity contribution in [1.82, 2.24) is 4.57 Å². The third-order valence-corrected chi connectivity index (χ3v) is 6.13. The van der Waals surface area contributed by atoms with E-state index in [2.05, 4.69) is 4.74 Å². The average Bonchev–Trinajstić information content (AvgIpc) is 3.10. The van der Waals surface area contributed by atoms with Crippen LogP contribution in [0.2, 0.25) is 10.0 Å². The van der Waals surface area contributed by atoms with Crippen LogP contribution in [0.5, 0.6) is 11.5 Å². The van der Waals surface area contributed by atoms with E-state index in [1.807, 2.05) is 0 Å². The predicted octanol–water partition coefficient (Wildman–Crippen LogP) is 7.23. The third kappa shape index (κ3) is 5.52. The van der Waals surface area contributed by atoms with Gasteiger partial charge in [-0.2, -0.15) is 0 Å². The van der Waals surface area contributed by atoms with Crippen LogP contribution in [-0.4, -0.2) is 33.9 Å². The molecule has 0 aliphatic carbocycles. The number of hydrogen-bond acceptors (Lipinski definition) is 4. The van der Waals surface area contributed by atoms with E-state index >= 15 is 0 Å². The molecule has 192 valence electrons. The molecular weight excluding hydrogens is 534 g/mol. The van der Waals surface area contributed by atoms with Crippen molar-refractivity contribution in [2.24, 2.45) is 0 Å². The molecule has 0 saturated heterocycles. The van der Waals surface area contributed by atoms with Crippen LogP contribution >= 0.6 is 23.2 Å². The van der Waals surface area contributed by atoms with Crippen molar-refractivity contribution in [2.75, 3.05) is 0 Å². The summed E-state index contributed by atoms with van der Waals surface area (Å²) in [6.45, 7) is 2.97. The van der Waals surface area contributed by atoms with Gasteiger partial charge in [-0.15, -0.1) is 13.2 Å². The normalized spacial score (nSPS) is 12.4. The molecule has 0 aliphatic heterocycles. The highest BCUT2D eigenvalue weighted by Gasteiger charge is 2.32. The van der Waals surface area contributed by atoms with Crippen LogP contribution in [0.3, 0.4) is 0 Å². The average molecular weight is 552 g/mol. The fraction of sp³-hybridized carbons (Fsp3) is 0.154. The Morgan fingerprint density at radius 3 is 2.30 bits per heavy atom. The molecule has 6 nitrogen and oxygen atoms in total. The molecule has 1 aromatic heterocycles. The zero-order valence-corrected chi connectivity index (χ0v) is 20.8. The fourth-order valence-corrected chi connectivity index (χ4v) is 4.21. The van der Waals surface area contributed by atoms with Crippen molar-refractivity contribution in [1.29, 1.82) is 0 Å². The number of carboxylic acid groups (broad SMARTS) is 1. The van der Waals surface area contributed by atoms with E-state index in [0.717, 1.165) is 6.07 Å². The van der Waals surface area contributed by atoms with Crippen LogP contribution < -0.4 is 9.47 Å². The number of aromatic nitrogens is 1. The Bertz CT molecular complexity index is 1510. The summed E-state index contributed by atoms with van der Waals surface area (Å²) in [7, 11) is 0. The molecular formula is C26H18Cl2F3NO5. The van der Waals surface area contributed by atoms with E-state index in [0.29, 0.717) is 27.4 Å². The highest BCUT2D eigenvalue weighted by Crippen LogP contribution is 2.37. The summed E-state index contributed by atoms with van der Waals surface area (Å²) in [6.07, 6.45) is -6.14. The maximum atomic E-state index is 13.5. The van der Waals surface area contributed by atoms with Gasteiger partial charge < -0.3 is 19.1 Å². The van der Waals surface area contributed by atoms with Gasteiger partial charge in [-0.1, -0.05) is 23.2 Å². The number of halogens is 5. The Morgan fingerprint density at radius 2 is 1.68 bits per heavy atom. The minimum absolute atomic E-state index is 0.0450. The lowest BCUT2D eigenvalue weighted by molar-refractivity contribution is -0.274. The highest BCUT2D eigenvalue weighted by molar-refractivity contribution is 6.32. The van der Waals surface area contributed by atoms with Crippen molar-refractivity contribution in [2.45, 2.75) is 26.3 Å². The zero-order valence-electron chi connectivity index (χ0n) is 19.3. The first kappa shape index (κ1) is 26.4. The lowest BCUT2D eigenvalue weighted by Gasteiger charge is -2.15. The van der Waals surface area contributed by atoms with Crippen LogP contribution in [0.4, 0.5) is 13.2 Å². The van der Waals surface area contributed by atoms with E-state index in [1.54, 1.807) is 41.8 Å². The first-order valence-electron chi connectivity index (χ1n) is 10.8.